The molecule has 0 saturated carbocycles. The third-order valence-electron chi connectivity index (χ3n) is 0. The normalized spacial score (nSPS) is 2.25. The third kappa shape index (κ3) is 25.6. The molecular formula is C2H2ClLi. The van der Waals surface area contributed by atoms with Gasteiger partial charge in [0, 0.05) is 0 Å². The van der Waals surface area contributed by atoms with Gasteiger partial charge in [0.25, 0.3) is 0 Å². The van der Waals surface area contributed by atoms with E-state index in [-0.39, 0.29) is 0 Å². The zero-order valence-corrected chi connectivity index (χ0v) is 3.29. The molecule has 0 aliphatic heterocycles. The molecule has 2 heteroatoms. The first-order valence-corrected chi connectivity index (χ1v) is 1.47. The second-order valence-corrected chi connectivity index (χ2v) is 0. The molecule has 4 heavy (non-hydrogen) atoms. The van der Waals surface area contributed by atoms with E-state index in [1.165, 1.54) is 16.7 Å². The van der Waals surface area contributed by atoms with Crippen LogP contribution in [0.15, 0.2) is 0 Å². The van der Waals surface area contributed by atoms with E-state index in [4.69, 9.17) is 0 Å². The van der Waals surface area contributed by atoms with E-state index < -0.39 is 0 Å². The number of hydrogen-bond donors (Lipinski definition) is 0. The molecule has 0 amide bonds. The van der Waals surface area contributed by atoms with Crippen LogP contribution in [-0.2, 0) is 0 Å². The van der Waals surface area contributed by atoms with E-state index in [1.807, 2.05) is 0 Å². The minimum absolute atomic E-state index is 1.47. The Kier molecular flexibility index (Phi) is 228. The first kappa shape index (κ1) is 8.82. The summed E-state index contributed by atoms with van der Waals surface area (Å²) in [5, 5.41) is 0. The molecule has 0 aromatic heterocycles. The maximum atomic E-state index is 4.64. The van der Waals surface area contributed by atoms with Crippen LogP contribution < -0.4 is 0 Å². The van der Waals surface area contributed by atoms with Gasteiger partial charge in [-0.1, -0.05) is 0 Å². The first-order valence-electron chi connectivity index (χ1n) is 0.711. The van der Waals surface area contributed by atoms with Gasteiger partial charge in [-0.2, -0.15) is 0 Å². The predicted molar refractivity (Wildman–Crippen MR) is 21.5 cm³/mol. The van der Waals surface area contributed by atoms with E-state index in [1.54, 1.807) is 0 Å². The predicted octanol–water partition coefficient (Wildman–Crippen LogP) is 0.558. The number of halogens is 1. The van der Waals surface area contributed by atoms with Gasteiger partial charge in [0.2, 0.25) is 0 Å². The first-order chi connectivity index (χ1) is 2.00. The molecule has 0 nitrogen and oxygen atoms in total. The Labute approximate surface area is 39.8 Å². The molecule has 0 atom stereocenters. The minimum atomic E-state index is 1.47. The van der Waals surface area contributed by atoms with Gasteiger partial charge in [0.1, 0.15) is 0 Å². The third-order valence-corrected chi connectivity index (χ3v) is 0. The van der Waals surface area contributed by atoms with Crippen LogP contribution in [0.3, 0.4) is 0 Å². The summed E-state index contributed by atoms with van der Waals surface area (Å²) in [6.45, 7) is 0. The van der Waals surface area contributed by atoms with E-state index in [0.717, 1.165) is 0 Å². The Morgan fingerprint density at radius 1 is 1.25 bits per heavy atom. The summed E-state index contributed by atoms with van der Waals surface area (Å²) in [4.78, 5) is 0. The molecule has 0 aromatic rings. The van der Waals surface area contributed by atoms with Crippen molar-refractivity contribution < 1.29 is 0 Å². The van der Waals surface area contributed by atoms with Crippen molar-refractivity contribution in [2.75, 3.05) is 0 Å². The van der Waals surface area contributed by atoms with Crippen LogP contribution in [-0.4, -0.2) is 16.7 Å². The summed E-state index contributed by atoms with van der Waals surface area (Å²) >= 11 is 1.47. The number of hydrogen-bond acceptors (Lipinski definition) is 0. The van der Waals surface area contributed by atoms with E-state index >= 15 is 0 Å². The molecule has 0 unspecified atom stereocenters. The average molecular weight is 68.4 g/mol. The molecule has 0 aliphatic carbocycles. The fourth-order valence-electron chi connectivity index (χ4n) is 0. The second kappa shape index (κ2) is 103. The maximum absolute atomic E-state index is 4.64. The van der Waals surface area contributed by atoms with Crippen molar-refractivity contribution in [1.82, 2.24) is 0 Å². The Balaban J connectivity index is 0. The Bertz CT molecular complexity index is 10.8. The van der Waals surface area contributed by atoms with Gasteiger partial charge in [0.05, 0.1) is 0 Å². The summed E-state index contributed by atoms with van der Waals surface area (Å²) in [6.07, 6.45) is 8.00. The van der Waals surface area contributed by atoms with Gasteiger partial charge < -0.3 is 0 Å². The molecule has 0 saturated heterocycles. The monoisotopic (exact) mass is 68.0 g/mol. The summed E-state index contributed by atoms with van der Waals surface area (Å²) in [5.41, 5.74) is 0. The quantitative estimate of drug-likeness (QED) is 0.287. The van der Waals surface area contributed by atoms with Gasteiger partial charge >= 0.3 is 26.5 Å². The molecule has 0 spiro atoms. The molecule has 18 valence electrons. The van der Waals surface area contributed by atoms with Crippen LogP contribution in [0.4, 0.5) is 0 Å². The van der Waals surface area contributed by atoms with Crippen molar-refractivity contribution in [2.45, 2.75) is 0 Å². The Morgan fingerprint density at radius 3 is 1.25 bits per heavy atom. The van der Waals surface area contributed by atoms with Crippen LogP contribution in [0, 0.1) is 12.8 Å². The molecular weight excluding hydrogens is 66.4 g/mol. The Morgan fingerprint density at radius 2 is 1.25 bits per heavy atom. The summed E-state index contributed by atoms with van der Waals surface area (Å²) < 4.78 is 0. The van der Waals surface area contributed by atoms with Gasteiger partial charge in [-0.15, -0.1) is 12.8 Å². The number of terminal acetylenes is 1. The number of rotatable bonds is 0. The zero-order valence-electron chi connectivity index (χ0n) is 2.53. The molecule has 0 rings (SSSR count). The molecule has 0 aliphatic rings. The summed E-state index contributed by atoms with van der Waals surface area (Å²) in [7, 11) is 4.64. The van der Waals surface area contributed by atoms with Crippen LogP contribution >= 0.6 is 9.80 Å². The summed E-state index contributed by atoms with van der Waals surface area (Å²) in [6, 6.07) is 0. The SMILES string of the molecule is C#C.[Li][Cl]. The van der Waals surface area contributed by atoms with Crippen LogP contribution in [0.1, 0.15) is 0 Å². The second-order valence-electron chi connectivity index (χ2n) is 0. The molecule has 0 heterocycles. The van der Waals surface area contributed by atoms with Crippen LogP contribution in [0.2, 0.25) is 0 Å². The van der Waals surface area contributed by atoms with Crippen molar-refractivity contribution in [3.05, 3.63) is 0 Å². The molecule has 0 bridgehead atoms. The zero-order chi connectivity index (χ0) is 4.00. The van der Waals surface area contributed by atoms with Crippen molar-refractivity contribution in [1.29, 1.82) is 0 Å². The van der Waals surface area contributed by atoms with Gasteiger partial charge in [-0.3, -0.25) is 0 Å². The standard InChI is InChI=1S/C2H2.ClH.Li/c1-2;;/h1-2H;1H;/q;;+1/p-1. The van der Waals surface area contributed by atoms with Gasteiger partial charge in [-0.25, -0.2) is 0 Å². The molecule has 0 aromatic carbocycles. The van der Waals surface area contributed by atoms with Gasteiger partial charge in [-0.05, 0) is 0 Å². The van der Waals surface area contributed by atoms with E-state index in [2.05, 4.69) is 22.6 Å². The van der Waals surface area contributed by atoms with E-state index in [9.17, 15) is 0 Å². The van der Waals surface area contributed by atoms with Gasteiger partial charge in [0.15, 0.2) is 0 Å². The topological polar surface area (TPSA) is 0 Å². The van der Waals surface area contributed by atoms with Crippen molar-refractivity contribution in [2.24, 2.45) is 0 Å². The molecule has 0 radical (unpaired) electrons. The van der Waals surface area contributed by atoms with Crippen molar-refractivity contribution in [3.63, 3.8) is 0 Å². The van der Waals surface area contributed by atoms with Crippen LogP contribution in [0.25, 0.3) is 0 Å². The molecule has 0 N–H and O–H groups in total. The fraction of sp³-hybridized carbons (Fsp3) is 0. The average Bonchev–Trinajstić information content (AvgIpc) is 1.50. The Hall–Kier alpha value is 0.447. The molecule has 0 fully saturated rings. The fourth-order valence-corrected chi connectivity index (χ4v) is 0. The summed E-state index contributed by atoms with van der Waals surface area (Å²) in [5.74, 6) is 0. The van der Waals surface area contributed by atoms with Crippen molar-refractivity contribution >= 4 is 26.5 Å². The van der Waals surface area contributed by atoms with E-state index in [0.29, 0.717) is 0 Å². The van der Waals surface area contributed by atoms with Crippen LogP contribution in [0.5, 0.6) is 0 Å². The van der Waals surface area contributed by atoms with Crippen molar-refractivity contribution in [3.8, 4) is 12.8 Å².